The van der Waals surface area contributed by atoms with Gasteiger partial charge in [-0.25, -0.2) is 0 Å². The highest BCUT2D eigenvalue weighted by atomic mass is 16.6. The van der Waals surface area contributed by atoms with Crippen LogP contribution < -0.4 is 5.11 Å². The predicted octanol–water partition coefficient (Wildman–Crippen LogP) is 14.4. The van der Waals surface area contributed by atoms with E-state index in [0.29, 0.717) is 12.8 Å². The number of carboxylic acid groups (broad SMARTS) is 1. The molecule has 0 fully saturated rings. The molecule has 0 heterocycles. The van der Waals surface area contributed by atoms with Gasteiger partial charge in [0.15, 0.2) is 6.10 Å². The molecule has 0 radical (unpaired) electrons. The molecule has 0 aliphatic rings. The molecule has 0 saturated carbocycles. The smallest absolute Gasteiger partial charge is 0.306 e. The number of hydrogen-bond donors (Lipinski definition) is 0. The summed E-state index contributed by atoms with van der Waals surface area (Å²) in [6, 6.07) is -0.726. The van der Waals surface area contributed by atoms with Crippen molar-refractivity contribution in [2.24, 2.45) is 0 Å². The molecule has 0 N–H and O–H groups in total. The van der Waals surface area contributed by atoms with Gasteiger partial charge in [0.2, 0.25) is 0 Å². The zero-order valence-electron chi connectivity index (χ0n) is 42.7. The Bertz CT molecular complexity index is 1140. The second kappa shape index (κ2) is 47.1. The Morgan fingerprint density at radius 2 is 0.828 bits per heavy atom. The zero-order chi connectivity index (χ0) is 47.0. The number of carbonyl (C=O) groups is 3. The van der Waals surface area contributed by atoms with Gasteiger partial charge in [-0.15, -0.1) is 0 Å². The van der Waals surface area contributed by atoms with Gasteiger partial charge in [-0.1, -0.05) is 217 Å². The molecule has 64 heavy (non-hydrogen) atoms. The Balaban J connectivity index is 4.21. The number of quaternary nitrogens is 1. The Labute approximate surface area is 395 Å². The maximum Gasteiger partial charge on any atom is 0.306 e. The zero-order valence-corrected chi connectivity index (χ0v) is 42.7. The maximum atomic E-state index is 12.8. The van der Waals surface area contributed by atoms with Crippen molar-refractivity contribution in [2.45, 2.75) is 264 Å². The van der Waals surface area contributed by atoms with Crippen LogP contribution in [-0.2, 0) is 28.6 Å². The van der Waals surface area contributed by atoms with Gasteiger partial charge in [0.1, 0.15) is 12.6 Å². The number of carboxylic acids is 1. The molecule has 2 unspecified atom stereocenters. The number of nitrogens with zero attached hydrogens (tertiary/aromatic N) is 1. The minimum absolute atomic E-state index is 0.0418. The third-order valence-electron chi connectivity index (χ3n) is 12.3. The summed E-state index contributed by atoms with van der Waals surface area (Å²) >= 11 is 0. The average Bonchev–Trinajstić information content (AvgIpc) is 3.26. The molecule has 0 amide bonds. The quantitative estimate of drug-likeness (QED) is 0.0259. The van der Waals surface area contributed by atoms with Crippen LogP contribution in [0.5, 0.6) is 0 Å². The van der Waals surface area contributed by atoms with Crippen molar-refractivity contribution in [2.75, 3.05) is 41.0 Å². The van der Waals surface area contributed by atoms with Crippen molar-refractivity contribution in [1.82, 2.24) is 0 Å². The van der Waals surface area contributed by atoms with E-state index in [1.165, 1.54) is 161 Å². The number of ether oxygens (including phenoxy) is 3. The normalized spacial score (nSPS) is 13.1. The molecule has 0 aromatic carbocycles. The molecule has 0 aromatic rings. The minimum Gasteiger partial charge on any atom is -0.544 e. The van der Waals surface area contributed by atoms with Gasteiger partial charge in [-0.2, -0.15) is 0 Å². The van der Waals surface area contributed by atoms with Gasteiger partial charge in [-0.05, 0) is 51.4 Å². The molecule has 0 aliphatic carbocycles. The van der Waals surface area contributed by atoms with E-state index in [1.807, 2.05) is 21.1 Å². The maximum absolute atomic E-state index is 12.8. The van der Waals surface area contributed by atoms with Crippen molar-refractivity contribution in [3.63, 3.8) is 0 Å². The highest BCUT2D eigenvalue weighted by Crippen LogP contribution is 2.16. The van der Waals surface area contributed by atoms with Gasteiger partial charge >= 0.3 is 11.9 Å². The van der Waals surface area contributed by atoms with Crippen molar-refractivity contribution in [3.8, 4) is 0 Å². The fourth-order valence-corrected chi connectivity index (χ4v) is 8.08. The number of rotatable bonds is 49. The topological polar surface area (TPSA) is 102 Å². The summed E-state index contributed by atoms with van der Waals surface area (Å²) in [7, 11) is 5.42. The number of esters is 2. The lowest BCUT2D eigenvalue weighted by molar-refractivity contribution is -0.889. The fourth-order valence-electron chi connectivity index (χ4n) is 8.08. The monoisotopic (exact) mass is 902 g/mol. The molecular formula is C56H103NO7. The summed E-state index contributed by atoms with van der Waals surface area (Å²) in [5.74, 6) is -1.73. The second-order valence-electron chi connectivity index (χ2n) is 19.5. The Morgan fingerprint density at radius 1 is 0.469 bits per heavy atom. The van der Waals surface area contributed by atoms with Crippen molar-refractivity contribution in [3.05, 3.63) is 36.5 Å². The molecule has 0 rings (SSSR count). The van der Waals surface area contributed by atoms with E-state index >= 15 is 0 Å². The summed E-state index contributed by atoms with van der Waals surface area (Å²) in [6.07, 6.45) is 56.0. The van der Waals surface area contributed by atoms with Gasteiger partial charge < -0.3 is 28.6 Å². The molecule has 0 bridgehead atoms. The summed E-state index contributed by atoms with van der Waals surface area (Å²) < 4.78 is 17.3. The van der Waals surface area contributed by atoms with Gasteiger partial charge in [0.25, 0.3) is 0 Å². The van der Waals surface area contributed by atoms with Crippen LogP contribution >= 0.6 is 0 Å². The first-order chi connectivity index (χ1) is 31.1. The number of carbonyl (C=O) groups excluding carboxylic acids is 3. The number of aliphatic carboxylic acids is 1. The Hall–Kier alpha value is -2.45. The lowest BCUT2D eigenvalue weighted by Gasteiger charge is -2.34. The number of hydrogen-bond acceptors (Lipinski definition) is 7. The van der Waals surface area contributed by atoms with Crippen LogP contribution in [0, 0.1) is 0 Å². The first-order valence-electron chi connectivity index (χ1n) is 27.0. The standard InChI is InChI=1S/C56H103NO7/c1-6-8-10-12-14-16-18-20-22-24-26-27-28-29-31-33-35-37-39-41-43-45-47-55(59)64-52(50-62-49-48-53(56(60)61)57(3,4)5)51-63-54(58)46-44-42-40-38-36-34-32-30-25-23-21-19-17-15-13-11-9-7-2/h14,16,20,22,26-27,52-53H,6-13,15,17-19,21,23-25,28-51H2,1-5H3/b16-14+,22-20+,27-26+. The molecular weight excluding hydrogens is 799 g/mol. The molecule has 2 atom stereocenters. The van der Waals surface area contributed by atoms with Crippen LogP contribution in [0.25, 0.3) is 0 Å². The van der Waals surface area contributed by atoms with Crippen LogP contribution in [0.15, 0.2) is 36.5 Å². The number of allylic oxidation sites excluding steroid dienone is 6. The molecule has 8 heteroatoms. The molecule has 374 valence electrons. The average molecular weight is 902 g/mol. The van der Waals surface area contributed by atoms with E-state index < -0.39 is 18.1 Å². The van der Waals surface area contributed by atoms with E-state index in [2.05, 4.69) is 50.3 Å². The van der Waals surface area contributed by atoms with Gasteiger partial charge in [-0.3, -0.25) is 9.59 Å². The highest BCUT2D eigenvalue weighted by molar-refractivity contribution is 5.70. The van der Waals surface area contributed by atoms with E-state index in [1.54, 1.807) is 0 Å². The Kier molecular flexibility index (Phi) is 45.3. The third kappa shape index (κ3) is 44.7. The van der Waals surface area contributed by atoms with Crippen LogP contribution in [0.1, 0.15) is 251 Å². The largest absolute Gasteiger partial charge is 0.544 e. The first-order valence-corrected chi connectivity index (χ1v) is 27.0. The molecule has 0 saturated heterocycles. The van der Waals surface area contributed by atoms with Crippen LogP contribution in [-0.4, -0.2) is 75.5 Å². The third-order valence-corrected chi connectivity index (χ3v) is 12.3. The summed E-state index contributed by atoms with van der Waals surface area (Å²) in [6.45, 7) is 4.67. The molecule has 0 aliphatic heterocycles. The highest BCUT2D eigenvalue weighted by Gasteiger charge is 2.25. The van der Waals surface area contributed by atoms with E-state index in [-0.39, 0.29) is 42.7 Å². The van der Waals surface area contributed by atoms with E-state index in [4.69, 9.17) is 14.2 Å². The summed E-state index contributed by atoms with van der Waals surface area (Å²) in [4.78, 5) is 37.1. The van der Waals surface area contributed by atoms with Crippen molar-refractivity contribution < 1.29 is 38.2 Å². The number of unbranched alkanes of at least 4 members (excludes halogenated alkanes) is 29. The fraction of sp³-hybridized carbons (Fsp3) is 0.839. The summed E-state index contributed by atoms with van der Waals surface area (Å²) in [5.41, 5.74) is 0. The van der Waals surface area contributed by atoms with Crippen molar-refractivity contribution in [1.29, 1.82) is 0 Å². The lowest BCUT2D eigenvalue weighted by Crippen LogP contribution is -2.55. The first kappa shape index (κ1) is 61.5. The minimum atomic E-state index is -1.12. The molecule has 0 spiro atoms. The SMILES string of the molecule is CCCCC/C=C/C/C=C/C/C=C/CCCCCCCCCCCC(=O)OC(COCCC(C(=O)[O-])[N+](C)(C)C)COC(=O)CCCCCCCCCCCCCCCCCCCC. The van der Waals surface area contributed by atoms with Crippen molar-refractivity contribution >= 4 is 17.9 Å². The molecule has 8 nitrogen and oxygen atoms in total. The van der Waals surface area contributed by atoms with Crippen LogP contribution in [0.3, 0.4) is 0 Å². The van der Waals surface area contributed by atoms with E-state index in [0.717, 1.165) is 57.8 Å². The van der Waals surface area contributed by atoms with Gasteiger partial charge in [0, 0.05) is 19.3 Å². The lowest BCUT2D eigenvalue weighted by atomic mass is 10.0. The van der Waals surface area contributed by atoms with Crippen LogP contribution in [0.2, 0.25) is 0 Å². The number of likely N-dealkylation sites (N-methyl/N-ethyl adjacent to an activating group) is 1. The predicted molar refractivity (Wildman–Crippen MR) is 268 cm³/mol. The molecule has 0 aromatic heterocycles. The van der Waals surface area contributed by atoms with Crippen LogP contribution in [0.4, 0.5) is 0 Å². The second-order valence-corrected chi connectivity index (χ2v) is 19.5. The summed E-state index contributed by atoms with van der Waals surface area (Å²) in [5, 5.41) is 11.7. The Morgan fingerprint density at radius 3 is 1.25 bits per heavy atom. The van der Waals surface area contributed by atoms with E-state index in [9.17, 15) is 19.5 Å². The van der Waals surface area contributed by atoms with Gasteiger partial charge in [0.05, 0.1) is 40.3 Å².